The Morgan fingerprint density at radius 1 is 1.12 bits per heavy atom. The molecule has 2 N–H and O–H groups in total. The summed E-state index contributed by atoms with van der Waals surface area (Å²) < 4.78 is 13.5. The summed E-state index contributed by atoms with van der Waals surface area (Å²) in [5, 5.41) is 5.38. The highest BCUT2D eigenvalue weighted by Crippen LogP contribution is 2.07. The number of nitrogens with zero attached hydrogens (tertiary/aromatic N) is 1. The van der Waals surface area contributed by atoms with Crippen molar-refractivity contribution in [2.45, 2.75) is 20.4 Å². The van der Waals surface area contributed by atoms with E-state index in [4.69, 9.17) is 0 Å². The summed E-state index contributed by atoms with van der Waals surface area (Å²) >= 11 is 0. The molecule has 0 bridgehead atoms. The number of nitrogens with one attached hydrogen (secondary N) is 2. The maximum absolute atomic E-state index is 13.5. The minimum atomic E-state index is -0.390. The van der Waals surface area contributed by atoms with E-state index in [1.165, 1.54) is 24.4 Å². The Hall–Kier alpha value is -2.76. The van der Waals surface area contributed by atoms with E-state index in [1.807, 2.05) is 13.8 Å². The molecule has 5 nitrogen and oxygen atoms in total. The van der Waals surface area contributed by atoms with E-state index in [1.54, 1.807) is 18.2 Å². The molecule has 24 heavy (non-hydrogen) atoms. The predicted molar refractivity (Wildman–Crippen MR) is 89.0 cm³/mol. The lowest BCUT2D eigenvalue weighted by atomic mass is 10.1. The highest BCUT2D eigenvalue weighted by Gasteiger charge is 2.12. The Bertz CT molecular complexity index is 732. The monoisotopic (exact) mass is 329 g/mol. The van der Waals surface area contributed by atoms with Crippen LogP contribution < -0.4 is 10.6 Å². The summed E-state index contributed by atoms with van der Waals surface area (Å²) in [6, 6.07) is 9.17. The van der Waals surface area contributed by atoms with Crippen molar-refractivity contribution in [1.29, 1.82) is 0 Å². The lowest BCUT2D eigenvalue weighted by Gasteiger charge is -2.09. The molecule has 2 rings (SSSR count). The van der Waals surface area contributed by atoms with Crippen molar-refractivity contribution < 1.29 is 14.0 Å². The van der Waals surface area contributed by atoms with Crippen LogP contribution in [-0.2, 0) is 6.54 Å². The first-order chi connectivity index (χ1) is 11.5. The first-order valence-electron chi connectivity index (χ1n) is 7.73. The zero-order valence-corrected chi connectivity index (χ0v) is 13.7. The van der Waals surface area contributed by atoms with Crippen LogP contribution in [0, 0.1) is 11.7 Å². The van der Waals surface area contributed by atoms with Gasteiger partial charge in [-0.1, -0.05) is 32.0 Å². The Kier molecular flexibility index (Phi) is 6.01. The fraction of sp³-hybridized carbons (Fsp3) is 0.278. The fourth-order valence-corrected chi connectivity index (χ4v) is 2.00. The maximum atomic E-state index is 13.5. The second-order valence-corrected chi connectivity index (χ2v) is 5.81. The van der Waals surface area contributed by atoms with Crippen molar-refractivity contribution in [3.63, 3.8) is 0 Å². The molecular formula is C18H20FN3O2. The third-order valence-electron chi connectivity index (χ3n) is 3.32. The van der Waals surface area contributed by atoms with Crippen LogP contribution in [0.5, 0.6) is 0 Å². The second-order valence-electron chi connectivity index (χ2n) is 5.81. The molecule has 0 unspecified atom stereocenters. The zero-order chi connectivity index (χ0) is 17.5. The van der Waals surface area contributed by atoms with Crippen molar-refractivity contribution in [1.82, 2.24) is 15.6 Å². The number of halogens is 1. The summed E-state index contributed by atoms with van der Waals surface area (Å²) in [6.07, 6.45) is 1.41. The van der Waals surface area contributed by atoms with Gasteiger partial charge in [-0.15, -0.1) is 0 Å². The highest BCUT2D eigenvalue weighted by molar-refractivity contribution is 5.98. The number of carbonyl (C=O) groups is 2. The molecule has 2 amide bonds. The third-order valence-corrected chi connectivity index (χ3v) is 3.32. The van der Waals surface area contributed by atoms with Crippen LogP contribution in [0.15, 0.2) is 42.6 Å². The number of amides is 2. The fourth-order valence-electron chi connectivity index (χ4n) is 2.00. The Balaban J connectivity index is 2.01. The number of carbonyl (C=O) groups excluding carboxylic acids is 2. The van der Waals surface area contributed by atoms with Crippen molar-refractivity contribution in [2.75, 3.05) is 6.54 Å². The molecule has 2 aromatic rings. The number of benzene rings is 1. The van der Waals surface area contributed by atoms with Gasteiger partial charge in [0, 0.05) is 30.4 Å². The number of aromatic nitrogens is 1. The zero-order valence-electron chi connectivity index (χ0n) is 13.7. The van der Waals surface area contributed by atoms with Crippen molar-refractivity contribution in [3.05, 3.63) is 65.2 Å². The molecule has 1 aromatic heterocycles. The highest BCUT2D eigenvalue weighted by atomic mass is 19.1. The molecule has 1 heterocycles. The van der Waals surface area contributed by atoms with E-state index in [2.05, 4.69) is 15.6 Å². The van der Waals surface area contributed by atoms with Crippen molar-refractivity contribution >= 4 is 11.8 Å². The van der Waals surface area contributed by atoms with Gasteiger partial charge in [-0.3, -0.25) is 14.6 Å². The van der Waals surface area contributed by atoms with E-state index in [0.717, 1.165) is 0 Å². The molecule has 0 aliphatic heterocycles. The van der Waals surface area contributed by atoms with Crippen LogP contribution in [-0.4, -0.2) is 23.3 Å². The van der Waals surface area contributed by atoms with Gasteiger partial charge in [-0.05, 0) is 24.1 Å². The van der Waals surface area contributed by atoms with Crippen LogP contribution in [0.25, 0.3) is 0 Å². The Morgan fingerprint density at radius 3 is 2.58 bits per heavy atom. The van der Waals surface area contributed by atoms with Gasteiger partial charge in [0.25, 0.3) is 11.8 Å². The van der Waals surface area contributed by atoms with Crippen LogP contribution in [0.3, 0.4) is 0 Å². The van der Waals surface area contributed by atoms with Crippen LogP contribution in [0.2, 0.25) is 0 Å². The average Bonchev–Trinajstić information content (AvgIpc) is 2.58. The second kappa shape index (κ2) is 8.19. The SMILES string of the molecule is CC(C)CNC(=O)c1cc(C(=O)NCc2ccccc2F)ccn1. The third kappa shape index (κ3) is 4.87. The lowest BCUT2D eigenvalue weighted by molar-refractivity contribution is 0.0944. The van der Waals surface area contributed by atoms with E-state index >= 15 is 0 Å². The van der Waals surface area contributed by atoms with Crippen molar-refractivity contribution in [3.8, 4) is 0 Å². The van der Waals surface area contributed by atoms with Gasteiger partial charge in [-0.25, -0.2) is 4.39 Å². The van der Waals surface area contributed by atoms with E-state index in [-0.39, 0.29) is 24.0 Å². The van der Waals surface area contributed by atoms with Gasteiger partial charge in [0.1, 0.15) is 11.5 Å². The first-order valence-corrected chi connectivity index (χ1v) is 7.73. The maximum Gasteiger partial charge on any atom is 0.269 e. The molecule has 0 aliphatic rings. The van der Waals surface area contributed by atoms with E-state index < -0.39 is 5.91 Å². The molecule has 6 heteroatoms. The molecule has 1 aromatic carbocycles. The smallest absolute Gasteiger partial charge is 0.269 e. The minimum absolute atomic E-state index is 0.0721. The number of hydrogen-bond acceptors (Lipinski definition) is 3. The van der Waals surface area contributed by atoms with Gasteiger partial charge in [-0.2, -0.15) is 0 Å². The van der Waals surface area contributed by atoms with Crippen molar-refractivity contribution in [2.24, 2.45) is 5.92 Å². The molecule has 0 saturated carbocycles. The number of pyridine rings is 1. The Labute approximate surface area is 140 Å². The summed E-state index contributed by atoms with van der Waals surface area (Å²) in [5.74, 6) is -0.770. The van der Waals surface area contributed by atoms with Gasteiger partial charge in [0.15, 0.2) is 0 Å². The van der Waals surface area contributed by atoms with Gasteiger partial charge in [0.2, 0.25) is 0 Å². The molecule has 0 spiro atoms. The normalized spacial score (nSPS) is 10.5. The summed E-state index contributed by atoms with van der Waals surface area (Å²) in [5.41, 5.74) is 0.875. The molecule has 0 fully saturated rings. The molecular weight excluding hydrogens is 309 g/mol. The predicted octanol–water partition coefficient (Wildman–Crippen LogP) is 2.54. The standard InChI is InChI=1S/C18H20FN3O2/c1-12(2)10-21-18(24)16-9-13(7-8-20-16)17(23)22-11-14-5-3-4-6-15(14)19/h3-9,12H,10-11H2,1-2H3,(H,21,24)(H,22,23). The summed E-state index contributed by atoms with van der Waals surface area (Å²) in [4.78, 5) is 28.2. The lowest BCUT2D eigenvalue weighted by Crippen LogP contribution is -2.29. The van der Waals surface area contributed by atoms with Crippen LogP contribution >= 0.6 is 0 Å². The van der Waals surface area contributed by atoms with Gasteiger partial charge >= 0.3 is 0 Å². The quantitative estimate of drug-likeness (QED) is 0.855. The number of rotatable bonds is 6. The molecule has 0 aliphatic carbocycles. The molecule has 126 valence electrons. The van der Waals surface area contributed by atoms with E-state index in [9.17, 15) is 14.0 Å². The summed E-state index contributed by atoms with van der Waals surface area (Å²) in [7, 11) is 0. The molecule has 0 atom stereocenters. The van der Waals surface area contributed by atoms with Crippen LogP contribution in [0.1, 0.15) is 40.3 Å². The first kappa shape index (κ1) is 17.6. The Morgan fingerprint density at radius 2 is 1.88 bits per heavy atom. The minimum Gasteiger partial charge on any atom is -0.350 e. The topological polar surface area (TPSA) is 71.1 Å². The number of hydrogen-bond donors (Lipinski definition) is 2. The molecule has 0 radical (unpaired) electrons. The van der Waals surface area contributed by atoms with E-state index in [0.29, 0.717) is 23.6 Å². The summed E-state index contributed by atoms with van der Waals surface area (Å²) in [6.45, 7) is 4.58. The molecule has 0 saturated heterocycles. The van der Waals surface area contributed by atoms with Gasteiger partial charge < -0.3 is 10.6 Å². The van der Waals surface area contributed by atoms with Gasteiger partial charge in [0.05, 0.1) is 0 Å². The average molecular weight is 329 g/mol. The van der Waals surface area contributed by atoms with Crippen LogP contribution in [0.4, 0.5) is 4.39 Å². The largest absolute Gasteiger partial charge is 0.350 e.